The van der Waals surface area contributed by atoms with Crippen molar-refractivity contribution in [3.63, 3.8) is 0 Å². The Bertz CT molecular complexity index is 301. The first-order valence-electron chi connectivity index (χ1n) is 4.65. The molecule has 1 aromatic rings. The second-order valence-electron chi connectivity index (χ2n) is 3.71. The van der Waals surface area contributed by atoms with Gasteiger partial charge < -0.3 is 0 Å². The molecule has 1 aromatic carbocycles. The molecular weight excluding hydrogens is 196 g/mol. The maximum absolute atomic E-state index is 5.90. The third-order valence-electron chi connectivity index (χ3n) is 1.75. The molecule has 0 fully saturated rings. The van der Waals surface area contributed by atoms with E-state index in [-0.39, 0.29) is 6.04 Å². The molecule has 1 atom stereocenters. The molecule has 0 heterocycles. The van der Waals surface area contributed by atoms with Gasteiger partial charge in [0.2, 0.25) is 0 Å². The number of nitrogens with zero attached hydrogens (tertiary/aromatic N) is 2. The van der Waals surface area contributed by atoms with Crippen molar-refractivity contribution in [2.24, 2.45) is 10.2 Å². The van der Waals surface area contributed by atoms with E-state index < -0.39 is 5.00 Å². The Kier molecular flexibility index (Phi) is 3.64. The Morgan fingerprint density at radius 1 is 1.21 bits per heavy atom. The summed E-state index contributed by atoms with van der Waals surface area (Å²) in [5.41, 5.74) is 1.15. The number of hydrogen-bond donors (Lipinski definition) is 0. The number of rotatable bonds is 3. The lowest BCUT2D eigenvalue weighted by Gasteiger charge is -2.09. The summed E-state index contributed by atoms with van der Waals surface area (Å²) in [6.07, 6.45) is 0. The minimum absolute atomic E-state index is 0.0641. The zero-order valence-corrected chi connectivity index (χ0v) is 9.49. The molecule has 0 aliphatic carbocycles. The van der Waals surface area contributed by atoms with E-state index in [1.807, 2.05) is 51.1 Å². The lowest BCUT2D eigenvalue weighted by atomic mass is 10.1. The Morgan fingerprint density at radius 3 is 2.29 bits per heavy atom. The van der Waals surface area contributed by atoms with Gasteiger partial charge in [-0.05, 0) is 26.3 Å². The quantitative estimate of drug-likeness (QED) is 0.406. The lowest BCUT2D eigenvalue weighted by molar-refractivity contribution is 0.626. The molecule has 0 amide bonds. The van der Waals surface area contributed by atoms with Crippen LogP contribution in [-0.4, -0.2) is 5.00 Å². The summed E-state index contributed by atoms with van der Waals surface area (Å²) in [6, 6.07) is 10.1. The number of hydrogen-bond acceptors (Lipinski definition) is 2. The van der Waals surface area contributed by atoms with Gasteiger partial charge in [0.1, 0.15) is 5.00 Å². The van der Waals surface area contributed by atoms with E-state index in [0.717, 1.165) is 5.56 Å². The van der Waals surface area contributed by atoms with E-state index in [0.29, 0.717) is 0 Å². The van der Waals surface area contributed by atoms with Gasteiger partial charge in [-0.3, -0.25) is 0 Å². The fourth-order valence-corrected chi connectivity index (χ4v) is 1.07. The molecule has 76 valence electrons. The molecular formula is C11H15ClN2. The maximum atomic E-state index is 5.90. The van der Waals surface area contributed by atoms with E-state index in [1.54, 1.807) is 0 Å². The summed E-state index contributed by atoms with van der Waals surface area (Å²) in [7, 11) is 0. The van der Waals surface area contributed by atoms with Crippen LogP contribution in [0.3, 0.4) is 0 Å². The van der Waals surface area contributed by atoms with Gasteiger partial charge in [0.15, 0.2) is 0 Å². The van der Waals surface area contributed by atoms with Crippen molar-refractivity contribution in [1.29, 1.82) is 0 Å². The average Bonchev–Trinajstić information content (AvgIpc) is 2.14. The van der Waals surface area contributed by atoms with Crippen LogP contribution in [0.5, 0.6) is 0 Å². The van der Waals surface area contributed by atoms with Gasteiger partial charge in [-0.25, -0.2) is 0 Å². The first-order chi connectivity index (χ1) is 6.49. The molecule has 3 heteroatoms. The minimum atomic E-state index is -0.608. The van der Waals surface area contributed by atoms with Crippen LogP contribution in [0.25, 0.3) is 0 Å². The molecule has 0 aromatic heterocycles. The van der Waals surface area contributed by atoms with E-state index >= 15 is 0 Å². The molecule has 14 heavy (non-hydrogen) atoms. The van der Waals surface area contributed by atoms with Crippen molar-refractivity contribution in [2.75, 3.05) is 0 Å². The minimum Gasteiger partial charge on any atom is -0.184 e. The van der Waals surface area contributed by atoms with E-state index in [4.69, 9.17) is 11.6 Å². The molecule has 0 spiro atoms. The fraction of sp³-hybridized carbons (Fsp3) is 0.455. The predicted octanol–water partition coefficient (Wildman–Crippen LogP) is 4.17. The highest BCUT2D eigenvalue weighted by molar-refractivity contribution is 6.23. The van der Waals surface area contributed by atoms with Crippen LogP contribution in [0.4, 0.5) is 0 Å². The number of benzene rings is 1. The highest BCUT2D eigenvalue weighted by Crippen LogP contribution is 2.21. The van der Waals surface area contributed by atoms with Crippen LogP contribution < -0.4 is 0 Å². The van der Waals surface area contributed by atoms with Gasteiger partial charge in [-0.1, -0.05) is 41.9 Å². The zero-order valence-electron chi connectivity index (χ0n) is 8.74. The first-order valence-corrected chi connectivity index (χ1v) is 5.03. The largest absolute Gasteiger partial charge is 0.184 e. The predicted molar refractivity (Wildman–Crippen MR) is 59.6 cm³/mol. The van der Waals surface area contributed by atoms with Gasteiger partial charge in [0.05, 0.1) is 6.04 Å². The van der Waals surface area contributed by atoms with Crippen LogP contribution in [0.2, 0.25) is 0 Å². The summed E-state index contributed by atoms with van der Waals surface area (Å²) in [5, 5.41) is 8.18. The normalized spacial score (nSPS) is 14.6. The Balaban J connectivity index is 2.69. The Labute approximate surface area is 90.0 Å². The second-order valence-corrected chi connectivity index (χ2v) is 4.64. The number of halogens is 1. The van der Waals surface area contributed by atoms with Crippen molar-refractivity contribution >= 4 is 11.6 Å². The van der Waals surface area contributed by atoms with Crippen molar-refractivity contribution in [3.05, 3.63) is 35.9 Å². The molecule has 1 unspecified atom stereocenters. The van der Waals surface area contributed by atoms with Gasteiger partial charge in [0, 0.05) is 0 Å². The SMILES string of the molecule is CC(N=NC(C)(C)Cl)c1ccccc1. The monoisotopic (exact) mass is 210 g/mol. The molecule has 0 radical (unpaired) electrons. The third kappa shape index (κ3) is 3.88. The summed E-state index contributed by atoms with van der Waals surface area (Å²) in [4.78, 5) is -0.608. The van der Waals surface area contributed by atoms with Crippen molar-refractivity contribution in [3.8, 4) is 0 Å². The van der Waals surface area contributed by atoms with Crippen molar-refractivity contribution < 1.29 is 0 Å². The molecule has 0 N–H and O–H groups in total. The zero-order chi connectivity index (χ0) is 10.6. The average molecular weight is 211 g/mol. The number of azo groups is 1. The Morgan fingerprint density at radius 2 is 1.79 bits per heavy atom. The van der Waals surface area contributed by atoms with Crippen molar-refractivity contribution in [1.82, 2.24) is 0 Å². The van der Waals surface area contributed by atoms with Crippen LogP contribution >= 0.6 is 11.6 Å². The smallest absolute Gasteiger partial charge is 0.149 e. The van der Waals surface area contributed by atoms with Crippen LogP contribution in [-0.2, 0) is 0 Å². The number of alkyl halides is 1. The molecule has 0 saturated heterocycles. The van der Waals surface area contributed by atoms with Crippen LogP contribution in [0.1, 0.15) is 32.4 Å². The van der Waals surface area contributed by atoms with Crippen LogP contribution in [0, 0.1) is 0 Å². The maximum Gasteiger partial charge on any atom is 0.149 e. The highest BCUT2D eigenvalue weighted by atomic mass is 35.5. The molecule has 1 rings (SSSR count). The van der Waals surface area contributed by atoms with Crippen LogP contribution in [0.15, 0.2) is 40.6 Å². The van der Waals surface area contributed by atoms with Crippen molar-refractivity contribution in [2.45, 2.75) is 31.8 Å². The first kappa shape index (κ1) is 11.2. The van der Waals surface area contributed by atoms with Gasteiger partial charge in [-0.2, -0.15) is 10.2 Å². The topological polar surface area (TPSA) is 24.7 Å². The van der Waals surface area contributed by atoms with E-state index in [1.165, 1.54) is 0 Å². The molecule has 0 bridgehead atoms. The standard InChI is InChI=1S/C11H15ClN2/c1-9(13-14-11(2,3)12)10-7-5-4-6-8-10/h4-9H,1-3H3. The fourth-order valence-electron chi connectivity index (χ4n) is 1.02. The summed E-state index contributed by atoms with van der Waals surface area (Å²) >= 11 is 5.90. The molecule has 0 aliphatic rings. The third-order valence-corrected chi connectivity index (χ3v) is 1.83. The summed E-state index contributed by atoms with van der Waals surface area (Å²) < 4.78 is 0. The molecule has 2 nitrogen and oxygen atoms in total. The summed E-state index contributed by atoms with van der Waals surface area (Å²) in [6.45, 7) is 5.63. The van der Waals surface area contributed by atoms with E-state index in [9.17, 15) is 0 Å². The highest BCUT2D eigenvalue weighted by Gasteiger charge is 2.11. The lowest BCUT2D eigenvalue weighted by Crippen LogP contribution is -2.04. The summed E-state index contributed by atoms with van der Waals surface area (Å²) in [5.74, 6) is 0. The van der Waals surface area contributed by atoms with E-state index in [2.05, 4.69) is 10.2 Å². The van der Waals surface area contributed by atoms with Gasteiger partial charge in [0.25, 0.3) is 0 Å². The Hall–Kier alpha value is -0.890. The second kappa shape index (κ2) is 4.56. The molecule has 0 aliphatic heterocycles. The molecule has 0 saturated carbocycles. The van der Waals surface area contributed by atoms with Gasteiger partial charge in [-0.15, -0.1) is 0 Å². The van der Waals surface area contributed by atoms with Gasteiger partial charge >= 0.3 is 0 Å².